The Morgan fingerprint density at radius 3 is 1.96 bits per heavy atom. The van der Waals surface area contributed by atoms with Crippen LogP contribution in [0.3, 0.4) is 0 Å². The van der Waals surface area contributed by atoms with Gasteiger partial charge in [-0.1, -0.05) is 60.7 Å². The van der Waals surface area contributed by atoms with Crippen LogP contribution in [-0.4, -0.2) is 14.5 Å². The Morgan fingerprint density at radius 1 is 0.913 bits per heavy atom. The standard InChI is InChI=1S/C18H26N2O2S/c1-14-8-10-18(11-9-14)23(21,22)20-19-17-12-15-4-2-5-16(13-17)7-3-6-15/h8-11,15-17H,2-7,12-13H2,1H3. The first-order valence-electron chi connectivity index (χ1n) is 8.77. The van der Waals surface area contributed by atoms with Gasteiger partial charge in [0.25, 0.3) is 10.0 Å². The number of hydrogen-bond donors (Lipinski definition) is 0. The summed E-state index contributed by atoms with van der Waals surface area (Å²) in [7, 11) is -3.66. The summed E-state index contributed by atoms with van der Waals surface area (Å²) in [5.74, 6) is 1.39. The zero-order valence-corrected chi connectivity index (χ0v) is 14.6. The van der Waals surface area contributed by atoms with Crippen molar-refractivity contribution in [2.24, 2.45) is 21.5 Å². The van der Waals surface area contributed by atoms with Crippen molar-refractivity contribution in [3.63, 3.8) is 0 Å². The zero-order chi connectivity index (χ0) is 16.3. The molecule has 3 fully saturated rings. The highest BCUT2D eigenvalue weighted by molar-refractivity contribution is 7.90. The minimum Gasteiger partial charge on any atom is -0.198 e. The van der Waals surface area contributed by atoms with Gasteiger partial charge in [-0.2, -0.15) is 13.5 Å². The lowest BCUT2D eigenvalue weighted by atomic mass is 9.76. The van der Waals surface area contributed by atoms with Gasteiger partial charge in [0.15, 0.2) is 0 Å². The van der Waals surface area contributed by atoms with E-state index in [0.717, 1.165) is 18.4 Å². The largest absolute Gasteiger partial charge is 0.299 e. The van der Waals surface area contributed by atoms with Crippen LogP contribution in [0.5, 0.6) is 0 Å². The fraction of sp³-hybridized carbons (Fsp3) is 0.667. The number of benzene rings is 1. The number of aryl methyl sites for hydroxylation is 1. The number of hydrogen-bond acceptors (Lipinski definition) is 3. The van der Waals surface area contributed by atoms with Gasteiger partial charge >= 0.3 is 0 Å². The monoisotopic (exact) mass is 334 g/mol. The molecule has 0 amide bonds. The quantitative estimate of drug-likeness (QED) is 0.739. The lowest BCUT2D eigenvalue weighted by molar-refractivity contribution is 0.225. The fourth-order valence-electron chi connectivity index (χ4n) is 4.00. The Morgan fingerprint density at radius 2 is 1.43 bits per heavy atom. The second-order valence-corrected chi connectivity index (χ2v) is 8.79. The predicted molar refractivity (Wildman–Crippen MR) is 90.9 cm³/mol. The number of fused-ring (bicyclic) bond motifs is 6. The van der Waals surface area contributed by atoms with E-state index in [1.54, 1.807) is 24.3 Å². The van der Waals surface area contributed by atoms with Crippen LogP contribution < -0.4 is 0 Å². The van der Waals surface area contributed by atoms with Crippen molar-refractivity contribution in [3.8, 4) is 0 Å². The molecule has 0 heterocycles. The summed E-state index contributed by atoms with van der Waals surface area (Å²) < 4.78 is 28.4. The Kier molecular flexibility index (Phi) is 5.14. The Bertz CT molecular complexity index is 628. The van der Waals surface area contributed by atoms with E-state index in [0.29, 0.717) is 11.8 Å². The summed E-state index contributed by atoms with van der Waals surface area (Å²) in [5, 5.41) is 4.27. The second kappa shape index (κ2) is 7.12. The van der Waals surface area contributed by atoms with Crippen LogP contribution in [0.1, 0.15) is 56.9 Å². The first kappa shape index (κ1) is 16.6. The van der Waals surface area contributed by atoms with Gasteiger partial charge in [0.2, 0.25) is 0 Å². The molecule has 0 N–H and O–H groups in total. The summed E-state index contributed by atoms with van der Waals surface area (Å²) in [6.45, 7) is 1.94. The molecule has 126 valence electrons. The third kappa shape index (κ3) is 4.40. The van der Waals surface area contributed by atoms with Crippen LogP contribution in [0.4, 0.5) is 0 Å². The third-order valence-corrected chi connectivity index (χ3v) is 6.47. The molecule has 3 aliphatic carbocycles. The SMILES string of the molecule is Cc1ccc(S(=O)(=O)N=NC2CC3CCCC(CCC3)C2)cc1. The molecule has 0 unspecified atom stereocenters. The van der Waals surface area contributed by atoms with Crippen molar-refractivity contribution in [1.82, 2.24) is 0 Å². The lowest BCUT2D eigenvalue weighted by Gasteiger charge is -2.31. The van der Waals surface area contributed by atoms with E-state index in [9.17, 15) is 8.42 Å². The topological polar surface area (TPSA) is 58.9 Å². The van der Waals surface area contributed by atoms with Crippen molar-refractivity contribution in [1.29, 1.82) is 0 Å². The third-order valence-electron chi connectivity index (χ3n) is 5.30. The summed E-state index contributed by atoms with van der Waals surface area (Å²) in [5.41, 5.74) is 1.04. The highest BCUT2D eigenvalue weighted by atomic mass is 32.2. The van der Waals surface area contributed by atoms with E-state index in [-0.39, 0.29) is 10.9 Å². The van der Waals surface area contributed by atoms with Gasteiger partial charge in [0.05, 0.1) is 10.9 Å². The number of rotatable bonds is 3. The first-order valence-corrected chi connectivity index (χ1v) is 10.2. The molecule has 1 aromatic rings. The molecule has 0 aliphatic heterocycles. The molecule has 4 rings (SSSR count). The minimum atomic E-state index is -3.66. The molecule has 5 heteroatoms. The van der Waals surface area contributed by atoms with Gasteiger partial charge in [0, 0.05) is 0 Å². The minimum absolute atomic E-state index is 0.0748. The van der Waals surface area contributed by atoms with Gasteiger partial charge in [-0.3, -0.25) is 0 Å². The number of sulfonamides is 1. The Hall–Kier alpha value is -1.23. The molecule has 0 aromatic heterocycles. The maximum atomic E-state index is 12.3. The van der Waals surface area contributed by atoms with Crippen LogP contribution in [0, 0.1) is 18.8 Å². The Balaban J connectivity index is 1.74. The van der Waals surface area contributed by atoms with E-state index < -0.39 is 10.0 Å². The van der Waals surface area contributed by atoms with Crippen molar-refractivity contribution in [2.75, 3.05) is 0 Å². The van der Waals surface area contributed by atoms with Crippen molar-refractivity contribution < 1.29 is 8.42 Å². The van der Waals surface area contributed by atoms with Gasteiger partial charge in [-0.25, -0.2) is 0 Å². The smallest absolute Gasteiger partial charge is 0.198 e. The zero-order valence-electron chi connectivity index (χ0n) is 13.8. The summed E-state index contributed by atoms with van der Waals surface area (Å²) >= 11 is 0. The van der Waals surface area contributed by atoms with E-state index >= 15 is 0 Å². The molecule has 4 nitrogen and oxygen atoms in total. The first-order chi connectivity index (χ1) is 11.0. The molecule has 1 aromatic carbocycles. The molecule has 23 heavy (non-hydrogen) atoms. The fourth-order valence-corrected chi connectivity index (χ4v) is 4.83. The molecular weight excluding hydrogens is 308 g/mol. The lowest BCUT2D eigenvalue weighted by Crippen LogP contribution is -2.23. The highest BCUT2D eigenvalue weighted by Gasteiger charge is 2.27. The van der Waals surface area contributed by atoms with Gasteiger partial charge in [-0.05, 0) is 43.7 Å². The van der Waals surface area contributed by atoms with Crippen LogP contribution in [-0.2, 0) is 10.0 Å². The molecule has 0 spiro atoms. The maximum Gasteiger partial charge on any atom is 0.299 e. The molecule has 0 radical (unpaired) electrons. The molecule has 2 bridgehead atoms. The van der Waals surface area contributed by atoms with E-state index in [4.69, 9.17) is 0 Å². The maximum absolute atomic E-state index is 12.3. The average Bonchev–Trinajstić information content (AvgIpc) is 2.45. The van der Waals surface area contributed by atoms with Gasteiger partial charge in [-0.15, -0.1) is 0 Å². The van der Waals surface area contributed by atoms with Crippen LogP contribution in [0.2, 0.25) is 0 Å². The van der Waals surface area contributed by atoms with Crippen LogP contribution >= 0.6 is 0 Å². The van der Waals surface area contributed by atoms with Crippen molar-refractivity contribution in [3.05, 3.63) is 29.8 Å². The Labute approximate surface area is 139 Å². The van der Waals surface area contributed by atoms with Crippen molar-refractivity contribution in [2.45, 2.75) is 69.2 Å². The van der Waals surface area contributed by atoms with Crippen molar-refractivity contribution >= 4 is 10.0 Å². The molecule has 3 aliphatic rings. The average molecular weight is 334 g/mol. The summed E-state index contributed by atoms with van der Waals surface area (Å²) in [6.07, 6.45) is 9.73. The van der Waals surface area contributed by atoms with E-state index in [1.165, 1.54) is 38.5 Å². The predicted octanol–water partition coefficient (Wildman–Crippen LogP) is 4.88. The van der Waals surface area contributed by atoms with Gasteiger partial charge < -0.3 is 0 Å². The summed E-state index contributed by atoms with van der Waals surface area (Å²) in [6, 6.07) is 6.88. The second-order valence-electron chi connectivity index (χ2n) is 7.20. The van der Waals surface area contributed by atoms with Crippen LogP contribution in [0.25, 0.3) is 0 Å². The molecule has 0 saturated heterocycles. The normalized spacial score (nSPS) is 29.2. The molecule has 3 saturated carbocycles. The number of nitrogens with zero attached hydrogens (tertiary/aromatic N) is 2. The molecule has 0 atom stereocenters. The summed E-state index contributed by atoms with van der Waals surface area (Å²) in [4.78, 5) is 0.234. The van der Waals surface area contributed by atoms with Gasteiger partial charge in [0.1, 0.15) is 0 Å². The molecular formula is C18H26N2O2S. The van der Waals surface area contributed by atoms with Crippen LogP contribution in [0.15, 0.2) is 38.8 Å². The van der Waals surface area contributed by atoms with E-state index in [2.05, 4.69) is 9.63 Å². The van der Waals surface area contributed by atoms with E-state index in [1.807, 2.05) is 6.92 Å². The highest BCUT2D eigenvalue weighted by Crippen LogP contribution is 2.37.